The van der Waals surface area contributed by atoms with E-state index in [2.05, 4.69) is 0 Å². The van der Waals surface area contributed by atoms with E-state index in [1.807, 2.05) is 13.0 Å². The lowest BCUT2D eigenvalue weighted by atomic mass is 10.0. The first kappa shape index (κ1) is 12.1. The number of ether oxygens (including phenoxy) is 1. The minimum absolute atomic E-state index is 0.195. The molecule has 0 aliphatic rings. The Balaban J connectivity index is 2.50. The van der Waals surface area contributed by atoms with Gasteiger partial charge in [-0.25, -0.2) is 4.39 Å². The zero-order valence-electron chi connectivity index (χ0n) is 9.08. The zero-order chi connectivity index (χ0) is 11.1. The van der Waals surface area contributed by atoms with Crippen molar-refractivity contribution in [3.05, 3.63) is 35.6 Å². The van der Waals surface area contributed by atoms with Crippen molar-refractivity contribution < 1.29 is 9.13 Å². The summed E-state index contributed by atoms with van der Waals surface area (Å²) in [5, 5.41) is 0. The molecule has 0 saturated heterocycles. The molecular formula is C12H18FNO. The maximum Gasteiger partial charge on any atom is 0.123 e. The summed E-state index contributed by atoms with van der Waals surface area (Å²) in [6.07, 6.45) is 0.772. The van der Waals surface area contributed by atoms with Gasteiger partial charge in [0.1, 0.15) is 5.82 Å². The Kier molecular flexibility index (Phi) is 5.29. The molecule has 0 amide bonds. The quantitative estimate of drug-likeness (QED) is 0.781. The lowest BCUT2D eigenvalue weighted by Gasteiger charge is -2.14. The van der Waals surface area contributed by atoms with Crippen LogP contribution >= 0.6 is 0 Å². The van der Waals surface area contributed by atoms with E-state index >= 15 is 0 Å². The molecule has 0 radical (unpaired) electrons. The van der Waals surface area contributed by atoms with Crippen molar-refractivity contribution in [2.45, 2.75) is 13.3 Å². The lowest BCUT2D eigenvalue weighted by molar-refractivity contribution is 0.113. The van der Waals surface area contributed by atoms with Crippen molar-refractivity contribution in [3.63, 3.8) is 0 Å². The fraction of sp³-hybridized carbons (Fsp3) is 0.500. The second-order valence-electron chi connectivity index (χ2n) is 3.60. The summed E-state index contributed by atoms with van der Waals surface area (Å²) in [7, 11) is 0. The van der Waals surface area contributed by atoms with Gasteiger partial charge in [-0.3, -0.25) is 0 Å². The minimum Gasteiger partial charge on any atom is -0.381 e. The molecule has 0 heterocycles. The van der Waals surface area contributed by atoms with Crippen LogP contribution in [0.2, 0.25) is 0 Å². The molecule has 1 aromatic carbocycles. The molecule has 0 aliphatic heterocycles. The predicted molar refractivity (Wildman–Crippen MR) is 59.1 cm³/mol. The van der Waals surface area contributed by atoms with Crippen LogP contribution in [0.4, 0.5) is 4.39 Å². The predicted octanol–water partition coefficient (Wildman–Crippen LogP) is 1.98. The van der Waals surface area contributed by atoms with Crippen molar-refractivity contribution in [2.24, 2.45) is 11.7 Å². The fourth-order valence-electron chi connectivity index (χ4n) is 1.49. The Bertz CT molecular complexity index is 291. The van der Waals surface area contributed by atoms with E-state index in [0.717, 1.165) is 12.0 Å². The van der Waals surface area contributed by atoms with Gasteiger partial charge in [-0.1, -0.05) is 12.1 Å². The Hall–Kier alpha value is -0.930. The van der Waals surface area contributed by atoms with Crippen LogP contribution in [0.15, 0.2) is 24.3 Å². The van der Waals surface area contributed by atoms with Crippen LogP contribution in [0.1, 0.15) is 12.5 Å². The van der Waals surface area contributed by atoms with E-state index in [1.54, 1.807) is 12.1 Å². The molecule has 2 nitrogen and oxygen atoms in total. The summed E-state index contributed by atoms with van der Waals surface area (Å²) < 4.78 is 18.2. The molecule has 15 heavy (non-hydrogen) atoms. The van der Waals surface area contributed by atoms with Gasteiger partial charge in [0.2, 0.25) is 0 Å². The van der Waals surface area contributed by atoms with Crippen LogP contribution in [0.3, 0.4) is 0 Å². The third-order valence-corrected chi connectivity index (χ3v) is 2.30. The van der Waals surface area contributed by atoms with E-state index < -0.39 is 0 Å². The van der Waals surface area contributed by atoms with Crippen LogP contribution in [0.5, 0.6) is 0 Å². The van der Waals surface area contributed by atoms with E-state index in [0.29, 0.717) is 19.8 Å². The summed E-state index contributed by atoms with van der Waals surface area (Å²) in [6, 6.07) is 6.63. The summed E-state index contributed by atoms with van der Waals surface area (Å²) in [4.78, 5) is 0. The molecule has 1 unspecified atom stereocenters. The first-order valence-electron chi connectivity index (χ1n) is 5.28. The number of halogens is 1. The van der Waals surface area contributed by atoms with E-state index in [-0.39, 0.29) is 11.7 Å². The van der Waals surface area contributed by atoms with E-state index in [4.69, 9.17) is 10.5 Å². The maximum atomic E-state index is 12.9. The monoisotopic (exact) mass is 211 g/mol. The van der Waals surface area contributed by atoms with Gasteiger partial charge in [0.05, 0.1) is 6.61 Å². The fourth-order valence-corrected chi connectivity index (χ4v) is 1.49. The highest BCUT2D eigenvalue weighted by Gasteiger charge is 2.08. The number of benzene rings is 1. The van der Waals surface area contributed by atoms with Gasteiger partial charge in [0.25, 0.3) is 0 Å². The van der Waals surface area contributed by atoms with Crippen LogP contribution in [-0.2, 0) is 11.2 Å². The molecule has 1 aromatic rings. The highest BCUT2D eigenvalue weighted by atomic mass is 19.1. The first-order chi connectivity index (χ1) is 7.26. The first-order valence-corrected chi connectivity index (χ1v) is 5.28. The number of nitrogens with two attached hydrogens (primary N) is 1. The van der Waals surface area contributed by atoms with Crippen molar-refractivity contribution >= 4 is 0 Å². The SMILES string of the molecule is CCOCC(CN)Cc1cccc(F)c1. The molecule has 0 saturated carbocycles. The minimum atomic E-state index is -0.195. The second-order valence-corrected chi connectivity index (χ2v) is 3.60. The van der Waals surface area contributed by atoms with Gasteiger partial charge in [-0.2, -0.15) is 0 Å². The largest absolute Gasteiger partial charge is 0.381 e. The average molecular weight is 211 g/mol. The van der Waals surface area contributed by atoms with Crippen LogP contribution in [-0.4, -0.2) is 19.8 Å². The Labute approximate surface area is 90.2 Å². The van der Waals surface area contributed by atoms with Gasteiger partial charge in [-0.15, -0.1) is 0 Å². The summed E-state index contributed by atoms with van der Waals surface area (Å²) in [5.41, 5.74) is 6.60. The average Bonchev–Trinajstić information content (AvgIpc) is 2.24. The topological polar surface area (TPSA) is 35.2 Å². The number of hydrogen-bond acceptors (Lipinski definition) is 2. The smallest absolute Gasteiger partial charge is 0.123 e. The molecule has 0 bridgehead atoms. The molecule has 0 aliphatic carbocycles. The lowest BCUT2D eigenvalue weighted by Crippen LogP contribution is -2.22. The number of rotatable bonds is 6. The molecule has 0 fully saturated rings. The Morgan fingerprint density at radius 2 is 2.27 bits per heavy atom. The van der Waals surface area contributed by atoms with Crippen molar-refractivity contribution in [3.8, 4) is 0 Å². The van der Waals surface area contributed by atoms with Gasteiger partial charge < -0.3 is 10.5 Å². The molecule has 3 heteroatoms. The Morgan fingerprint density at radius 1 is 1.47 bits per heavy atom. The van der Waals surface area contributed by atoms with Gasteiger partial charge in [0.15, 0.2) is 0 Å². The molecule has 1 rings (SSSR count). The van der Waals surface area contributed by atoms with Gasteiger partial charge >= 0.3 is 0 Å². The second kappa shape index (κ2) is 6.53. The molecule has 1 atom stereocenters. The van der Waals surface area contributed by atoms with Crippen molar-refractivity contribution in [2.75, 3.05) is 19.8 Å². The van der Waals surface area contributed by atoms with Crippen LogP contribution < -0.4 is 5.73 Å². The van der Waals surface area contributed by atoms with Crippen LogP contribution in [0.25, 0.3) is 0 Å². The van der Waals surface area contributed by atoms with E-state index in [9.17, 15) is 4.39 Å². The molecule has 0 aromatic heterocycles. The summed E-state index contributed by atoms with van der Waals surface area (Å²) >= 11 is 0. The highest BCUT2D eigenvalue weighted by molar-refractivity contribution is 5.16. The summed E-state index contributed by atoms with van der Waals surface area (Å²) in [5.74, 6) is 0.0754. The van der Waals surface area contributed by atoms with Crippen molar-refractivity contribution in [1.82, 2.24) is 0 Å². The molecular weight excluding hydrogens is 193 g/mol. The maximum absolute atomic E-state index is 12.9. The number of hydrogen-bond donors (Lipinski definition) is 1. The van der Waals surface area contributed by atoms with Crippen LogP contribution in [0, 0.1) is 11.7 Å². The Morgan fingerprint density at radius 3 is 2.87 bits per heavy atom. The highest BCUT2D eigenvalue weighted by Crippen LogP contribution is 2.10. The molecule has 0 spiro atoms. The van der Waals surface area contributed by atoms with Gasteiger partial charge in [0, 0.05) is 6.61 Å². The molecule has 2 N–H and O–H groups in total. The third kappa shape index (κ3) is 4.40. The molecule has 84 valence electrons. The summed E-state index contributed by atoms with van der Waals surface area (Å²) in [6.45, 7) is 3.86. The standard InChI is InChI=1S/C12H18FNO/c1-2-15-9-11(8-14)6-10-4-3-5-12(13)7-10/h3-5,7,11H,2,6,8-9,14H2,1H3. The normalized spacial score (nSPS) is 12.7. The van der Waals surface area contributed by atoms with Crippen molar-refractivity contribution in [1.29, 1.82) is 0 Å². The zero-order valence-corrected chi connectivity index (χ0v) is 9.08. The van der Waals surface area contributed by atoms with Gasteiger partial charge in [-0.05, 0) is 43.5 Å². The van der Waals surface area contributed by atoms with E-state index in [1.165, 1.54) is 6.07 Å². The third-order valence-electron chi connectivity index (χ3n) is 2.30.